The first kappa shape index (κ1) is 8.23. The number of fused-ring (bicyclic) bond motifs is 1. The number of benzene rings is 1. The molecule has 2 rings (SSSR count). The monoisotopic (exact) mass is 178 g/mol. The number of halogens is 1. The van der Waals surface area contributed by atoms with E-state index in [1.807, 2.05) is 19.2 Å². The van der Waals surface area contributed by atoms with Crippen molar-refractivity contribution in [3.05, 3.63) is 29.7 Å². The van der Waals surface area contributed by atoms with Crippen molar-refractivity contribution in [3.8, 4) is 0 Å². The molecule has 0 aliphatic rings. The molecule has 2 aromatic rings. The van der Waals surface area contributed by atoms with E-state index in [1.54, 1.807) is 17.8 Å². The first-order valence-corrected chi connectivity index (χ1v) is 4.32. The molecule has 3 heteroatoms. The van der Waals surface area contributed by atoms with Gasteiger partial charge in [-0.15, -0.1) is 0 Å². The summed E-state index contributed by atoms with van der Waals surface area (Å²) < 4.78 is 15.0. The van der Waals surface area contributed by atoms with E-state index in [-0.39, 0.29) is 5.82 Å². The third kappa shape index (κ3) is 1.30. The number of nitrogens with zero attached hydrogens (tertiary/aromatic N) is 2. The second-order valence-corrected chi connectivity index (χ2v) is 3.17. The van der Waals surface area contributed by atoms with Crippen molar-refractivity contribution in [2.24, 2.45) is 7.05 Å². The lowest BCUT2D eigenvalue weighted by Crippen LogP contribution is -1.87. The summed E-state index contributed by atoms with van der Waals surface area (Å²) in [5, 5.41) is 4.90. The zero-order valence-electron chi connectivity index (χ0n) is 7.71. The van der Waals surface area contributed by atoms with E-state index in [9.17, 15) is 4.39 Å². The fourth-order valence-electron chi connectivity index (χ4n) is 1.47. The van der Waals surface area contributed by atoms with Gasteiger partial charge in [-0.25, -0.2) is 4.39 Å². The highest BCUT2D eigenvalue weighted by Crippen LogP contribution is 2.18. The van der Waals surface area contributed by atoms with Gasteiger partial charge in [0.1, 0.15) is 5.52 Å². The molecular weight excluding hydrogens is 167 g/mol. The van der Waals surface area contributed by atoms with Gasteiger partial charge in [-0.1, -0.05) is 6.92 Å². The molecule has 0 spiro atoms. The molecule has 0 N–H and O–H groups in total. The number of aryl methyl sites for hydroxylation is 2. The highest BCUT2D eigenvalue weighted by Gasteiger charge is 2.05. The minimum atomic E-state index is -0.227. The van der Waals surface area contributed by atoms with Crippen molar-refractivity contribution in [2.45, 2.75) is 13.3 Å². The molecule has 0 atom stereocenters. The maximum absolute atomic E-state index is 13.4. The van der Waals surface area contributed by atoms with Gasteiger partial charge in [0.15, 0.2) is 5.82 Å². The van der Waals surface area contributed by atoms with Gasteiger partial charge in [0, 0.05) is 18.6 Å². The third-order valence-electron chi connectivity index (χ3n) is 2.14. The van der Waals surface area contributed by atoms with Gasteiger partial charge in [-0.05, 0) is 24.1 Å². The summed E-state index contributed by atoms with van der Waals surface area (Å²) in [6, 6.07) is 3.53. The molecule has 0 amide bonds. The fraction of sp³-hybridized carbons (Fsp3) is 0.300. The zero-order chi connectivity index (χ0) is 9.42. The van der Waals surface area contributed by atoms with Crippen molar-refractivity contribution >= 4 is 10.9 Å². The molecule has 0 radical (unpaired) electrons. The minimum absolute atomic E-state index is 0.227. The smallest absolute Gasteiger partial charge is 0.151 e. The molecule has 0 unspecified atom stereocenters. The van der Waals surface area contributed by atoms with Crippen LogP contribution in [0.5, 0.6) is 0 Å². The second-order valence-electron chi connectivity index (χ2n) is 3.17. The minimum Gasteiger partial charge on any atom is -0.274 e. The largest absolute Gasteiger partial charge is 0.274 e. The van der Waals surface area contributed by atoms with Gasteiger partial charge in [-0.3, -0.25) is 4.68 Å². The van der Waals surface area contributed by atoms with Crippen molar-refractivity contribution in [3.63, 3.8) is 0 Å². The van der Waals surface area contributed by atoms with Crippen LogP contribution in [0.2, 0.25) is 0 Å². The average Bonchev–Trinajstić information content (AvgIpc) is 2.46. The molecule has 13 heavy (non-hydrogen) atoms. The summed E-state index contributed by atoms with van der Waals surface area (Å²) in [5.41, 5.74) is 1.47. The number of hydrogen-bond donors (Lipinski definition) is 0. The van der Waals surface area contributed by atoms with Crippen molar-refractivity contribution in [1.29, 1.82) is 0 Å². The first-order valence-electron chi connectivity index (χ1n) is 4.32. The van der Waals surface area contributed by atoms with Gasteiger partial charge < -0.3 is 0 Å². The zero-order valence-corrected chi connectivity index (χ0v) is 7.71. The summed E-state index contributed by atoms with van der Waals surface area (Å²) in [5.74, 6) is -0.227. The van der Waals surface area contributed by atoms with E-state index in [2.05, 4.69) is 5.10 Å². The first-order chi connectivity index (χ1) is 6.20. The second kappa shape index (κ2) is 2.83. The highest BCUT2D eigenvalue weighted by molar-refractivity contribution is 5.79. The van der Waals surface area contributed by atoms with Crippen LogP contribution >= 0.6 is 0 Å². The molecule has 0 saturated heterocycles. The highest BCUT2D eigenvalue weighted by atomic mass is 19.1. The van der Waals surface area contributed by atoms with Crippen LogP contribution in [-0.2, 0) is 13.5 Å². The summed E-state index contributed by atoms with van der Waals surface area (Å²) >= 11 is 0. The molecule has 1 aromatic heterocycles. The van der Waals surface area contributed by atoms with E-state index in [0.29, 0.717) is 5.52 Å². The van der Waals surface area contributed by atoms with Crippen LogP contribution in [0.25, 0.3) is 10.9 Å². The SMILES string of the molecule is CCc1cc(F)c2nn(C)cc2c1. The topological polar surface area (TPSA) is 17.8 Å². The Kier molecular flexibility index (Phi) is 1.79. The Balaban J connectivity index is 2.75. The van der Waals surface area contributed by atoms with Gasteiger partial charge in [0.25, 0.3) is 0 Å². The molecule has 1 heterocycles. The van der Waals surface area contributed by atoms with Crippen LogP contribution in [0.3, 0.4) is 0 Å². The molecule has 2 nitrogen and oxygen atoms in total. The third-order valence-corrected chi connectivity index (χ3v) is 2.14. The van der Waals surface area contributed by atoms with E-state index >= 15 is 0 Å². The molecule has 0 fully saturated rings. The van der Waals surface area contributed by atoms with Crippen LogP contribution in [0.15, 0.2) is 18.3 Å². The van der Waals surface area contributed by atoms with Crippen LogP contribution in [0.4, 0.5) is 4.39 Å². The number of aromatic nitrogens is 2. The van der Waals surface area contributed by atoms with E-state index < -0.39 is 0 Å². The lowest BCUT2D eigenvalue weighted by molar-refractivity contribution is 0.630. The predicted octanol–water partition coefficient (Wildman–Crippen LogP) is 2.27. The summed E-state index contributed by atoms with van der Waals surface area (Å²) in [6.07, 6.45) is 2.68. The normalized spacial score (nSPS) is 11.0. The van der Waals surface area contributed by atoms with Crippen LogP contribution in [0, 0.1) is 5.82 Å². The average molecular weight is 178 g/mol. The van der Waals surface area contributed by atoms with E-state index in [4.69, 9.17) is 0 Å². The molecule has 0 bridgehead atoms. The molecule has 0 saturated carbocycles. The summed E-state index contributed by atoms with van der Waals surface area (Å²) in [7, 11) is 1.80. The maximum atomic E-state index is 13.4. The Bertz CT molecular complexity index is 445. The molecule has 1 aromatic carbocycles. The van der Waals surface area contributed by atoms with Crippen molar-refractivity contribution in [2.75, 3.05) is 0 Å². The van der Waals surface area contributed by atoms with Gasteiger partial charge in [0.2, 0.25) is 0 Å². The standard InChI is InChI=1S/C10H11FN2/c1-3-7-4-8-6-13(2)12-10(8)9(11)5-7/h4-6H,3H2,1-2H3. The molecular formula is C10H11FN2. The van der Waals surface area contributed by atoms with E-state index in [0.717, 1.165) is 17.4 Å². The maximum Gasteiger partial charge on any atom is 0.151 e. The number of rotatable bonds is 1. The van der Waals surface area contributed by atoms with Gasteiger partial charge in [0.05, 0.1) is 0 Å². The molecule has 0 aliphatic carbocycles. The van der Waals surface area contributed by atoms with Gasteiger partial charge in [-0.2, -0.15) is 5.10 Å². The van der Waals surface area contributed by atoms with E-state index in [1.165, 1.54) is 0 Å². The lowest BCUT2D eigenvalue weighted by atomic mass is 10.1. The van der Waals surface area contributed by atoms with Crippen LogP contribution in [-0.4, -0.2) is 9.78 Å². The quantitative estimate of drug-likeness (QED) is 0.655. The Labute approximate surface area is 76.0 Å². The Morgan fingerprint density at radius 1 is 1.46 bits per heavy atom. The molecule has 0 aliphatic heterocycles. The fourth-order valence-corrected chi connectivity index (χ4v) is 1.47. The van der Waals surface area contributed by atoms with Crippen molar-refractivity contribution < 1.29 is 4.39 Å². The van der Waals surface area contributed by atoms with Crippen LogP contribution in [0.1, 0.15) is 12.5 Å². The summed E-state index contributed by atoms with van der Waals surface area (Å²) in [6.45, 7) is 2.01. The predicted molar refractivity (Wildman–Crippen MR) is 50.1 cm³/mol. The molecule has 68 valence electrons. The van der Waals surface area contributed by atoms with Crippen molar-refractivity contribution in [1.82, 2.24) is 9.78 Å². The van der Waals surface area contributed by atoms with Crippen LogP contribution < -0.4 is 0 Å². The lowest BCUT2D eigenvalue weighted by Gasteiger charge is -1.96. The number of hydrogen-bond acceptors (Lipinski definition) is 1. The van der Waals surface area contributed by atoms with Gasteiger partial charge >= 0.3 is 0 Å². The Morgan fingerprint density at radius 2 is 2.23 bits per heavy atom. The Morgan fingerprint density at radius 3 is 2.92 bits per heavy atom. The summed E-state index contributed by atoms with van der Waals surface area (Å²) in [4.78, 5) is 0. The Hall–Kier alpha value is -1.38.